The predicted octanol–water partition coefficient (Wildman–Crippen LogP) is 2.85. The van der Waals surface area contributed by atoms with Crippen molar-refractivity contribution in [2.75, 3.05) is 7.05 Å². The molecule has 3 rings (SSSR count). The second kappa shape index (κ2) is 5.65. The van der Waals surface area contributed by atoms with E-state index >= 15 is 0 Å². The first kappa shape index (κ1) is 13.8. The number of H-pyrrole nitrogens is 1. The maximum atomic E-state index is 12.5. The van der Waals surface area contributed by atoms with Crippen molar-refractivity contribution in [3.8, 4) is 0 Å². The Morgan fingerprint density at radius 2 is 2.29 bits per heavy atom. The summed E-state index contributed by atoms with van der Waals surface area (Å²) in [4.78, 5) is 25.8. The van der Waals surface area contributed by atoms with Gasteiger partial charge < -0.3 is 9.88 Å². The number of rotatable bonds is 4. The highest BCUT2D eigenvalue weighted by molar-refractivity contribution is 7.09. The number of benzene rings is 1. The van der Waals surface area contributed by atoms with Gasteiger partial charge >= 0.3 is 0 Å². The van der Waals surface area contributed by atoms with Crippen molar-refractivity contribution in [2.24, 2.45) is 0 Å². The minimum Gasteiger partial charge on any atom is -0.345 e. The van der Waals surface area contributed by atoms with Crippen molar-refractivity contribution in [3.63, 3.8) is 0 Å². The molecule has 0 unspecified atom stereocenters. The molecule has 0 saturated heterocycles. The molecule has 1 N–H and O–H groups in total. The second-order valence-electron chi connectivity index (χ2n) is 4.88. The quantitative estimate of drug-likeness (QED) is 0.806. The number of amides is 1. The number of aromatic nitrogens is 3. The number of hydrogen-bond acceptors (Lipinski definition) is 4. The Hall–Kier alpha value is -2.21. The van der Waals surface area contributed by atoms with Crippen LogP contribution in [0.15, 0.2) is 29.9 Å². The Kier molecular flexibility index (Phi) is 3.70. The number of carbonyl (C=O) groups is 1. The van der Waals surface area contributed by atoms with Crippen LogP contribution in [-0.2, 0) is 13.0 Å². The second-order valence-corrected chi connectivity index (χ2v) is 5.82. The molecule has 0 saturated carbocycles. The van der Waals surface area contributed by atoms with E-state index in [0.29, 0.717) is 12.1 Å². The minimum absolute atomic E-state index is 0.0162. The van der Waals surface area contributed by atoms with Gasteiger partial charge in [0, 0.05) is 18.0 Å². The van der Waals surface area contributed by atoms with Crippen LogP contribution in [0.3, 0.4) is 0 Å². The molecule has 2 aromatic heterocycles. The normalized spacial score (nSPS) is 11.0. The van der Waals surface area contributed by atoms with Crippen LogP contribution in [0.4, 0.5) is 0 Å². The van der Waals surface area contributed by atoms with Crippen LogP contribution >= 0.6 is 11.3 Å². The van der Waals surface area contributed by atoms with Crippen molar-refractivity contribution < 1.29 is 4.79 Å². The summed E-state index contributed by atoms with van der Waals surface area (Å²) in [6, 6.07) is 5.49. The number of fused-ring (bicyclic) bond motifs is 1. The highest BCUT2D eigenvalue weighted by Crippen LogP contribution is 2.16. The molecule has 1 aromatic carbocycles. The summed E-state index contributed by atoms with van der Waals surface area (Å²) in [5, 5.41) is 3.12. The zero-order valence-electron chi connectivity index (χ0n) is 12.0. The average molecular weight is 300 g/mol. The van der Waals surface area contributed by atoms with Gasteiger partial charge in [0.05, 0.1) is 34.6 Å². The lowest BCUT2D eigenvalue weighted by Gasteiger charge is -2.15. The predicted molar refractivity (Wildman–Crippen MR) is 83.4 cm³/mol. The van der Waals surface area contributed by atoms with E-state index in [1.54, 1.807) is 35.7 Å². The molecule has 108 valence electrons. The van der Waals surface area contributed by atoms with Crippen LogP contribution in [0.1, 0.15) is 28.0 Å². The van der Waals surface area contributed by atoms with E-state index in [2.05, 4.69) is 21.9 Å². The van der Waals surface area contributed by atoms with Gasteiger partial charge in [-0.25, -0.2) is 9.97 Å². The molecule has 0 spiro atoms. The fourth-order valence-corrected chi connectivity index (χ4v) is 2.92. The van der Waals surface area contributed by atoms with Gasteiger partial charge in [0.1, 0.15) is 0 Å². The number of thiazole rings is 1. The number of carbonyl (C=O) groups excluding carboxylic acids is 1. The Balaban J connectivity index is 1.76. The number of imidazole rings is 1. The number of aryl methyl sites for hydroxylation is 1. The summed E-state index contributed by atoms with van der Waals surface area (Å²) in [5.74, 6) is -0.0162. The van der Waals surface area contributed by atoms with Crippen LogP contribution in [0.25, 0.3) is 11.0 Å². The third-order valence-corrected chi connectivity index (χ3v) is 4.36. The molecule has 21 heavy (non-hydrogen) atoms. The summed E-state index contributed by atoms with van der Waals surface area (Å²) in [6.07, 6.45) is 2.56. The summed E-state index contributed by atoms with van der Waals surface area (Å²) in [5.41, 5.74) is 3.33. The summed E-state index contributed by atoms with van der Waals surface area (Å²) in [6.45, 7) is 2.60. The molecule has 0 radical (unpaired) electrons. The Labute approximate surface area is 126 Å². The first-order valence-electron chi connectivity index (χ1n) is 6.79. The molecule has 5 nitrogen and oxygen atoms in total. The van der Waals surface area contributed by atoms with Gasteiger partial charge in [-0.15, -0.1) is 11.3 Å². The number of nitrogens with one attached hydrogen (secondary N) is 1. The molecule has 0 atom stereocenters. The van der Waals surface area contributed by atoms with E-state index in [-0.39, 0.29) is 5.91 Å². The topological polar surface area (TPSA) is 61.9 Å². The van der Waals surface area contributed by atoms with Crippen LogP contribution in [0.5, 0.6) is 0 Å². The number of aromatic amines is 1. The van der Waals surface area contributed by atoms with E-state index < -0.39 is 0 Å². The molecule has 0 bridgehead atoms. The highest BCUT2D eigenvalue weighted by atomic mass is 32.1. The molecule has 1 amide bonds. The third-order valence-electron chi connectivity index (χ3n) is 3.31. The van der Waals surface area contributed by atoms with Crippen LogP contribution in [-0.4, -0.2) is 32.8 Å². The highest BCUT2D eigenvalue weighted by Gasteiger charge is 2.14. The van der Waals surface area contributed by atoms with Crippen LogP contribution in [0.2, 0.25) is 0 Å². The van der Waals surface area contributed by atoms with Gasteiger partial charge in [-0.2, -0.15) is 0 Å². The van der Waals surface area contributed by atoms with E-state index in [1.165, 1.54) is 0 Å². The lowest BCUT2D eigenvalue weighted by Crippen LogP contribution is -2.26. The van der Waals surface area contributed by atoms with Crippen molar-refractivity contribution >= 4 is 28.3 Å². The first-order valence-corrected chi connectivity index (χ1v) is 7.67. The Bertz CT molecular complexity index is 777. The van der Waals surface area contributed by atoms with Gasteiger partial charge in [-0.1, -0.05) is 6.92 Å². The van der Waals surface area contributed by atoms with E-state index in [1.807, 2.05) is 17.5 Å². The largest absolute Gasteiger partial charge is 0.345 e. The Morgan fingerprint density at radius 3 is 3.05 bits per heavy atom. The number of hydrogen-bond donors (Lipinski definition) is 1. The average Bonchev–Trinajstić information content (AvgIpc) is 3.13. The summed E-state index contributed by atoms with van der Waals surface area (Å²) in [7, 11) is 1.80. The van der Waals surface area contributed by atoms with Gasteiger partial charge in [-0.3, -0.25) is 4.79 Å². The summed E-state index contributed by atoms with van der Waals surface area (Å²) < 4.78 is 0. The maximum absolute atomic E-state index is 12.5. The summed E-state index contributed by atoms with van der Waals surface area (Å²) >= 11 is 1.64. The standard InChI is InChI=1S/C15H16N4OS/c1-3-14-18-11(8-21-14)7-19(2)15(20)10-4-5-12-13(6-10)17-9-16-12/h4-6,8-9H,3,7H2,1-2H3,(H,16,17). The minimum atomic E-state index is -0.0162. The van der Waals surface area contributed by atoms with Gasteiger partial charge in [-0.05, 0) is 24.6 Å². The van der Waals surface area contributed by atoms with Gasteiger partial charge in [0.25, 0.3) is 5.91 Å². The lowest BCUT2D eigenvalue weighted by atomic mass is 10.2. The monoisotopic (exact) mass is 300 g/mol. The fraction of sp³-hybridized carbons (Fsp3) is 0.267. The van der Waals surface area contributed by atoms with E-state index in [9.17, 15) is 4.79 Å². The molecular weight excluding hydrogens is 284 g/mol. The smallest absolute Gasteiger partial charge is 0.254 e. The molecule has 0 aliphatic carbocycles. The van der Waals surface area contributed by atoms with E-state index in [0.717, 1.165) is 28.2 Å². The van der Waals surface area contributed by atoms with E-state index in [4.69, 9.17) is 0 Å². The van der Waals surface area contributed by atoms with Crippen molar-refractivity contribution in [3.05, 3.63) is 46.2 Å². The van der Waals surface area contributed by atoms with Crippen molar-refractivity contribution in [2.45, 2.75) is 19.9 Å². The zero-order chi connectivity index (χ0) is 14.8. The van der Waals surface area contributed by atoms with Gasteiger partial charge in [0.2, 0.25) is 0 Å². The number of nitrogens with zero attached hydrogens (tertiary/aromatic N) is 3. The molecule has 2 heterocycles. The first-order chi connectivity index (χ1) is 10.2. The van der Waals surface area contributed by atoms with Crippen LogP contribution in [0, 0.1) is 0 Å². The van der Waals surface area contributed by atoms with Crippen molar-refractivity contribution in [1.29, 1.82) is 0 Å². The third kappa shape index (κ3) is 2.80. The molecule has 0 aliphatic heterocycles. The van der Waals surface area contributed by atoms with Crippen LogP contribution < -0.4 is 0 Å². The molecular formula is C15H16N4OS. The molecule has 0 aliphatic rings. The molecule has 0 fully saturated rings. The fourth-order valence-electron chi connectivity index (χ4n) is 2.19. The van der Waals surface area contributed by atoms with Crippen molar-refractivity contribution in [1.82, 2.24) is 19.9 Å². The zero-order valence-corrected chi connectivity index (χ0v) is 12.8. The lowest BCUT2D eigenvalue weighted by molar-refractivity contribution is 0.0783. The Morgan fingerprint density at radius 1 is 1.43 bits per heavy atom. The maximum Gasteiger partial charge on any atom is 0.254 e. The van der Waals surface area contributed by atoms with Gasteiger partial charge in [0.15, 0.2) is 0 Å². The SMILES string of the molecule is CCc1nc(CN(C)C(=O)c2ccc3nc[nH]c3c2)cs1. The molecule has 6 heteroatoms. The molecule has 3 aromatic rings.